The van der Waals surface area contributed by atoms with Crippen molar-refractivity contribution in [2.45, 2.75) is 38.6 Å². The van der Waals surface area contributed by atoms with Crippen LogP contribution in [0.1, 0.15) is 43.1 Å². The van der Waals surface area contributed by atoms with Crippen molar-refractivity contribution >= 4 is 5.91 Å². The number of amides is 1. The fourth-order valence-electron chi connectivity index (χ4n) is 3.43. The molecule has 3 rings (SSSR count). The number of carbonyl (C=O) groups excluding carboxylic acids is 1. The van der Waals surface area contributed by atoms with E-state index < -0.39 is 0 Å². The number of carbonyl (C=O) groups is 1. The average molecular weight is 327 g/mol. The van der Waals surface area contributed by atoms with E-state index in [-0.39, 0.29) is 5.91 Å². The zero-order valence-electron chi connectivity index (χ0n) is 14.3. The number of hydrogen-bond donors (Lipinski definition) is 3. The van der Waals surface area contributed by atoms with Gasteiger partial charge < -0.3 is 10.2 Å². The minimum absolute atomic E-state index is 0.0774. The number of nitrogens with zero attached hydrogens (tertiary/aromatic N) is 1. The van der Waals surface area contributed by atoms with Gasteiger partial charge in [0.25, 0.3) is 5.91 Å². The molecule has 1 fully saturated rings. The van der Waals surface area contributed by atoms with Crippen molar-refractivity contribution in [3.63, 3.8) is 0 Å². The van der Waals surface area contributed by atoms with Crippen LogP contribution in [0.2, 0.25) is 0 Å². The van der Waals surface area contributed by atoms with Crippen LogP contribution in [0, 0.1) is 0 Å². The molecular formula is C19H27N4O+. The molecule has 3 N–H and O–H groups in total. The maximum atomic E-state index is 12.2. The highest BCUT2D eigenvalue weighted by Gasteiger charge is 2.21. The summed E-state index contributed by atoms with van der Waals surface area (Å²) in [5.74, 6) is -0.0774. The number of nitrogens with one attached hydrogen (secondary N) is 3. The van der Waals surface area contributed by atoms with Gasteiger partial charge in [0.1, 0.15) is 5.69 Å². The molecule has 1 unspecified atom stereocenters. The molecule has 128 valence electrons. The summed E-state index contributed by atoms with van der Waals surface area (Å²) >= 11 is 0. The van der Waals surface area contributed by atoms with Crippen LogP contribution in [0.3, 0.4) is 0 Å². The fraction of sp³-hybridized carbons (Fsp3) is 0.474. The predicted molar refractivity (Wildman–Crippen MR) is 95.0 cm³/mol. The quantitative estimate of drug-likeness (QED) is 0.707. The zero-order chi connectivity index (χ0) is 16.8. The Labute approximate surface area is 143 Å². The summed E-state index contributed by atoms with van der Waals surface area (Å²) in [4.78, 5) is 13.9. The number of likely N-dealkylation sites (tertiary alicyclic amines) is 1. The molecule has 2 aromatic rings. The number of aromatic amines is 1. The van der Waals surface area contributed by atoms with Crippen LogP contribution in [-0.2, 0) is 0 Å². The van der Waals surface area contributed by atoms with E-state index in [0.717, 1.165) is 36.8 Å². The number of rotatable bonds is 6. The highest BCUT2D eigenvalue weighted by molar-refractivity contribution is 5.93. The van der Waals surface area contributed by atoms with Crippen LogP contribution >= 0.6 is 0 Å². The first-order chi connectivity index (χ1) is 11.7. The minimum Gasteiger partial charge on any atom is -0.350 e. The van der Waals surface area contributed by atoms with Gasteiger partial charge in [-0.2, -0.15) is 5.10 Å². The van der Waals surface area contributed by atoms with Crippen LogP contribution < -0.4 is 10.2 Å². The maximum Gasteiger partial charge on any atom is 0.269 e. The Morgan fingerprint density at radius 1 is 1.33 bits per heavy atom. The number of quaternary nitrogens is 1. The van der Waals surface area contributed by atoms with Crippen LogP contribution in [-0.4, -0.2) is 41.8 Å². The Bertz CT molecular complexity index is 652. The predicted octanol–water partition coefficient (Wildman–Crippen LogP) is 1.65. The molecule has 0 bridgehead atoms. The van der Waals surface area contributed by atoms with Gasteiger partial charge in [-0.3, -0.25) is 9.89 Å². The van der Waals surface area contributed by atoms with Gasteiger partial charge in [0, 0.05) is 18.5 Å². The van der Waals surface area contributed by atoms with Crippen molar-refractivity contribution in [1.29, 1.82) is 0 Å². The van der Waals surface area contributed by atoms with E-state index in [4.69, 9.17) is 0 Å². The Morgan fingerprint density at radius 2 is 2.17 bits per heavy atom. The largest absolute Gasteiger partial charge is 0.350 e. The summed E-state index contributed by atoms with van der Waals surface area (Å²) < 4.78 is 0. The van der Waals surface area contributed by atoms with Gasteiger partial charge in [0.15, 0.2) is 0 Å². The van der Waals surface area contributed by atoms with Crippen LogP contribution in [0.4, 0.5) is 0 Å². The fourth-order valence-corrected chi connectivity index (χ4v) is 3.43. The molecule has 1 amide bonds. The lowest BCUT2D eigenvalue weighted by molar-refractivity contribution is -0.928. The Balaban J connectivity index is 1.45. The molecule has 1 aromatic carbocycles. The summed E-state index contributed by atoms with van der Waals surface area (Å²) in [5.41, 5.74) is 2.33. The second-order valence-electron chi connectivity index (χ2n) is 6.70. The van der Waals surface area contributed by atoms with Gasteiger partial charge >= 0.3 is 0 Å². The van der Waals surface area contributed by atoms with E-state index in [2.05, 4.69) is 22.4 Å². The molecule has 1 aliphatic heterocycles. The third-order valence-corrected chi connectivity index (χ3v) is 4.93. The number of aromatic nitrogens is 2. The first-order valence-electron chi connectivity index (χ1n) is 8.97. The highest BCUT2D eigenvalue weighted by Crippen LogP contribution is 2.16. The van der Waals surface area contributed by atoms with Gasteiger partial charge in [-0.25, -0.2) is 0 Å². The van der Waals surface area contributed by atoms with Crippen molar-refractivity contribution in [2.75, 3.05) is 19.6 Å². The van der Waals surface area contributed by atoms with Crippen molar-refractivity contribution in [1.82, 2.24) is 15.5 Å². The van der Waals surface area contributed by atoms with E-state index in [1.807, 2.05) is 36.4 Å². The lowest BCUT2D eigenvalue weighted by atomic mass is 10.0. The van der Waals surface area contributed by atoms with Crippen molar-refractivity contribution < 1.29 is 9.69 Å². The van der Waals surface area contributed by atoms with E-state index in [1.165, 1.54) is 25.8 Å². The zero-order valence-corrected chi connectivity index (χ0v) is 14.3. The summed E-state index contributed by atoms with van der Waals surface area (Å²) in [6.07, 6.45) is 5.05. The lowest BCUT2D eigenvalue weighted by Gasteiger charge is -2.30. The molecule has 2 heterocycles. The summed E-state index contributed by atoms with van der Waals surface area (Å²) in [7, 11) is 0. The topological polar surface area (TPSA) is 62.2 Å². The van der Waals surface area contributed by atoms with Crippen LogP contribution in [0.15, 0.2) is 36.4 Å². The monoisotopic (exact) mass is 327 g/mol. The van der Waals surface area contributed by atoms with E-state index >= 15 is 0 Å². The number of hydrogen-bond acceptors (Lipinski definition) is 2. The molecule has 0 aliphatic carbocycles. The van der Waals surface area contributed by atoms with Crippen LogP contribution in [0.5, 0.6) is 0 Å². The normalized spacial score (nSPS) is 20.7. The van der Waals surface area contributed by atoms with Gasteiger partial charge in [0.2, 0.25) is 0 Å². The molecule has 24 heavy (non-hydrogen) atoms. The number of benzene rings is 1. The highest BCUT2D eigenvalue weighted by atomic mass is 16.1. The van der Waals surface area contributed by atoms with E-state index in [0.29, 0.717) is 5.69 Å². The molecule has 0 saturated carbocycles. The Morgan fingerprint density at radius 3 is 2.96 bits per heavy atom. The minimum atomic E-state index is -0.0774. The molecule has 2 atom stereocenters. The molecule has 1 aliphatic rings. The molecule has 5 nitrogen and oxygen atoms in total. The van der Waals surface area contributed by atoms with Gasteiger partial charge in [0.05, 0.1) is 24.8 Å². The number of H-pyrrole nitrogens is 1. The Kier molecular flexibility index (Phi) is 5.64. The maximum absolute atomic E-state index is 12.2. The smallest absolute Gasteiger partial charge is 0.269 e. The summed E-state index contributed by atoms with van der Waals surface area (Å²) in [5, 5.41) is 10.1. The molecular weight excluding hydrogens is 300 g/mol. The molecule has 1 aromatic heterocycles. The summed E-state index contributed by atoms with van der Waals surface area (Å²) in [6, 6.07) is 12.4. The standard InChI is InChI=1S/C19H26N4O/c1-15-8-5-6-12-23(15)13-7-11-20-19(24)18-14-17(21-22-18)16-9-3-2-4-10-16/h2-4,9-10,14-15H,5-8,11-13H2,1H3,(H,20,24)(H,21,22)/p+1/t15-/m0/s1. The van der Waals surface area contributed by atoms with Crippen molar-refractivity contribution in [3.05, 3.63) is 42.1 Å². The number of piperidine rings is 1. The summed E-state index contributed by atoms with van der Waals surface area (Å²) in [6.45, 7) is 5.47. The first kappa shape index (κ1) is 16.7. The van der Waals surface area contributed by atoms with E-state index in [1.54, 1.807) is 4.90 Å². The molecule has 0 radical (unpaired) electrons. The van der Waals surface area contributed by atoms with Gasteiger partial charge in [-0.05, 0) is 32.3 Å². The van der Waals surface area contributed by atoms with E-state index in [9.17, 15) is 4.79 Å². The average Bonchev–Trinajstić information content (AvgIpc) is 3.11. The second-order valence-corrected chi connectivity index (χ2v) is 6.70. The third kappa shape index (κ3) is 4.23. The second kappa shape index (κ2) is 8.11. The SMILES string of the molecule is C[C@H]1CCCC[NH+]1CCCNC(=O)c1cc(-c2ccccc2)n[nH]1. The van der Waals surface area contributed by atoms with Crippen molar-refractivity contribution in [2.24, 2.45) is 0 Å². The Hall–Kier alpha value is -2.14. The van der Waals surface area contributed by atoms with Gasteiger partial charge in [-0.1, -0.05) is 30.3 Å². The first-order valence-corrected chi connectivity index (χ1v) is 8.97. The molecule has 1 saturated heterocycles. The van der Waals surface area contributed by atoms with Crippen LogP contribution in [0.25, 0.3) is 11.3 Å². The van der Waals surface area contributed by atoms with Crippen molar-refractivity contribution in [3.8, 4) is 11.3 Å². The molecule has 0 spiro atoms. The third-order valence-electron chi connectivity index (χ3n) is 4.93. The molecule has 5 heteroatoms. The van der Waals surface area contributed by atoms with Gasteiger partial charge in [-0.15, -0.1) is 0 Å². The lowest BCUT2D eigenvalue weighted by Crippen LogP contribution is -3.16.